The summed E-state index contributed by atoms with van der Waals surface area (Å²) in [6.45, 7) is 14.8. The predicted molar refractivity (Wildman–Crippen MR) is 129 cm³/mol. The van der Waals surface area contributed by atoms with Crippen LogP contribution in [0.2, 0.25) is 0 Å². The summed E-state index contributed by atoms with van der Waals surface area (Å²) in [7, 11) is 0. The maximum Gasteiger partial charge on any atom is 0.0837 e. The first-order valence-electron chi connectivity index (χ1n) is 12.6. The molecule has 3 rings (SSSR count). The van der Waals surface area contributed by atoms with E-state index in [0.29, 0.717) is 23.7 Å². The fourth-order valence-corrected chi connectivity index (χ4v) is 6.91. The van der Waals surface area contributed by atoms with Crippen molar-refractivity contribution in [2.75, 3.05) is 0 Å². The molecule has 0 aromatic heterocycles. The van der Waals surface area contributed by atoms with Crippen LogP contribution >= 0.6 is 0 Å². The van der Waals surface area contributed by atoms with Crippen molar-refractivity contribution in [3.05, 3.63) is 35.5 Å². The predicted octanol–water partition coefficient (Wildman–Crippen LogP) is 5.95. The Morgan fingerprint density at radius 2 is 1.94 bits per heavy atom. The van der Waals surface area contributed by atoms with Gasteiger partial charge in [-0.2, -0.15) is 0 Å². The standard InChI is InChI=1S/C28H46O3/c1-18(9-7-15-27(4,5)31)23-13-14-24-21(10-8-16-28(23,24)6)11-12-22-17-25(29)20(3)26(30)19(22)2/h11-12,18,20,23-26,29-31H,2,7-10,13-17H2,1,3-6H3/t18-,20-,23?,24?,25-,26-,28?/m1/s1. The SMILES string of the molecule is C=C1C(=CC=C2CCCC3(C)C2CCC3[C@H](C)CCCC(C)(C)O)C[C@@H](O)[C@@H](C)[C@@H]1O. The number of fused-ring (bicyclic) bond motifs is 1. The number of hydrogen-bond donors (Lipinski definition) is 3. The minimum absolute atomic E-state index is 0.149. The molecular formula is C28H46O3. The summed E-state index contributed by atoms with van der Waals surface area (Å²) in [5, 5.41) is 30.7. The van der Waals surface area contributed by atoms with E-state index >= 15 is 0 Å². The maximum atomic E-state index is 10.4. The minimum Gasteiger partial charge on any atom is -0.392 e. The Morgan fingerprint density at radius 1 is 1.23 bits per heavy atom. The molecule has 0 amide bonds. The van der Waals surface area contributed by atoms with Crippen molar-refractivity contribution >= 4 is 0 Å². The van der Waals surface area contributed by atoms with Crippen molar-refractivity contribution in [2.24, 2.45) is 29.1 Å². The molecule has 7 atom stereocenters. The summed E-state index contributed by atoms with van der Waals surface area (Å²) >= 11 is 0. The average molecular weight is 431 g/mol. The lowest BCUT2D eigenvalue weighted by Crippen LogP contribution is -2.36. The summed E-state index contributed by atoms with van der Waals surface area (Å²) in [6.07, 6.45) is 13.4. The molecule has 3 N–H and O–H groups in total. The Hall–Kier alpha value is -0.900. The molecule has 3 unspecified atom stereocenters. The van der Waals surface area contributed by atoms with Gasteiger partial charge in [0.2, 0.25) is 0 Å². The highest BCUT2D eigenvalue weighted by molar-refractivity contribution is 5.39. The molecule has 3 nitrogen and oxygen atoms in total. The molecule has 0 spiro atoms. The largest absolute Gasteiger partial charge is 0.392 e. The topological polar surface area (TPSA) is 60.7 Å². The van der Waals surface area contributed by atoms with E-state index < -0.39 is 17.8 Å². The van der Waals surface area contributed by atoms with Crippen LogP contribution in [0.4, 0.5) is 0 Å². The van der Waals surface area contributed by atoms with Crippen LogP contribution in [0, 0.1) is 29.1 Å². The number of hydrogen-bond acceptors (Lipinski definition) is 3. The van der Waals surface area contributed by atoms with E-state index in [0.717, 1.165) is 36.3 Å². The van der Waals surface area contributed by atoms with Gasteiger partial charge in [0.05, 0.1) is 17.8 Å². The Bertz CT molecular complexity index is 712. The van der Waals surface area contributed by atoms with Crippen molar-refractivity contribution in [3.8, 4) is 0 Å². The van der Waals surface area contributed by atoms with Gasteiger partial charge in [0, 0.05) is 5.92 Å². The summed E-state index contributed by atoms with van der Waals surface area (Å²) in [6, 6.07) is 0. The van der Waals surface area contributed by atoms with Gasteiger partial charge in [-0.05, 0) is 93.1 Å². The van der Waals surface area contributed by atoms with Crippen molar-refractivity contribution in [3.63, 3.8) is 0 Å². The van der Waals surface area contributed by atoms with Crippen LogP contribution in [0.25, 0.3) is 0 Å². The lowest BCUT2D eigenvalue weighted by molar-refractivity contribution is 0.0283. The van der Waals surface area contributed by atoms with Crippen molar-refractivity contribution in [1.82, 2.24) is 0 Å². The van der Waals surface area contributed by atoms with E-state index in [1.54, 1.807) is 5.57 Å². The monoisotopic (exact) mass is 430 g/mol. The van der Waals surface area contributed by atoms with Crippen molar-refractivity contribution < 1.29 is 15.3 Å². The van der Waals surface area contributed by atoms with Gasteiger partial charge in [0.15, 0.2) is 0 Å². The third kappa shape index (κ3) is 5.37. The molecule has 0 aromatic carbocycles. The molecule has 3 saturated carbocycles. The van der Waals surface area contributed by atoms with Crippen LogP contribution in [0.1, 0.15) is 92.4 Å². The van der Waals surface area contributed by atoms with Crippen molar-refractivity contribution in [2.45, 2.75) is 110 Å². The number of allylic oxidation sites excluding steroid dienone is 3. The fraction of sp³-hybridized carbons (Fsp3) is 0.786. The summed E-state index contributed by atoms with van der Waals surface area (Å²) in [4.78, 5) is 0. The normalized spacial score (nSPS) is 40.4. The van der Waals surface area contributed by atoms with Gasteiger partial charge in [-0.3, -0.25) is 0 Å². The van der Waals surface area contributed by atoms with Gasteiger partial charge in [-0.25, -0.2) is 0 Å². The Kier molecular flexibility index (Phi) is 7.61. The zero-order chi connectivity index (χ0) is 23.0. The Labute approximate surface area is 190 Å². The van der Waals surface area contributed by atoms with Crippen LogP contribution in [-0.2, 0) is 0 Å². The highest BCUT2D eigenvalue weighted by Gasteiger charge is 2.50. The highest BCUT2D eigenvalue weighted by atomic mass is 16.3. The number of aliphatic hydroxyl groups is 3. The van der Waals surface area contributed by atoms with Crippen LogP contribution < -0.4 is 0 Å². The molecule has 3 heteroatoms. The highest BCUT2D eigenvalue weighted by Crippen LogP contribution is 2.60. The van der Waals surface area contributed by atoms with E-state index in [2.05, 4.69) is 32.6 Å². The second-order valence-electron chi connectivity index (χ2n) is 11.8. The first-order valence-corrected chi connectivity index (χ1v) is 12.6. The summed E-state index contributed by atoms with van der Waals surface area (Å²) in [5.41, 5.74) is 3.15. The number of rotatable bonds is 6. The van der Waals surface area contributed by atoms with Gasteiger partial charge < -0.3 is 15.3 Å². The van der Waals surface area contributed by atoms with Gasteiger partial charge in [0.25, 0.3) is 0 Å². The van der Waals surface area contributed by atoms with Gasteiger partial charge in [-0.15, -0.1) is 0 Å². The molecule has 0 aromatic rings. The Morgan fingerprint density at radius 3 is 2.61 bits per heavy atom. The molecule has 0 radical (unpaired) electrons. The molecule has 3 fully saturated rings. The molecule has 0 saturated heterocycles. The number of aliphatic hydroxyl groups excluding tert-OH is 2. The first kappa shape index (κ1) is 24.7. The average Bonchev–Trinajstić information content (AvgIpc) is 3.04. The van der Waals surface area contributed by atoms with Crippen molar-refractivity contribution in [1.29, 1.82) is 0 Å². The minimum atomic E-state index is -0.648. The molecule has 31 heavy (non-hydrogen) atoms. The smallest absolute Gasteiger partial charge is 0.0837 e. The van der Waals surface area contributed by atoms with E-state index in [-0.39, 0.29) is 5.92 Å². The summed E-state index contributed by atoms with van der Waals surface area (Å²) in [5.74, 6) is 1.94. The molecule has 3 aliphatic rings. The summed E-state index contributed by atoms with van der Waals surface area (Å²) < 4.78 is 0. The van der Waals surface area contributed by atoms with Crippen LogP contribution in [-0.4, -0.2) is 33.1 Å². The van der Waals surface area contributed by atoms with Gasteiger partial charge in [0.1, 0.15) is 0 Å². The van der Waals surface area contributed by atoms with Crippen LogP contribution in [0.5, 0.6) is 0 Å². The van der Waals surface area contributed by atoms with E-state index in [1.165, 1.54) is 32.1 Å². The molecular weight excluding hydrogens is 384 g/mol. The third-order valence-electron chi connectivity index (χ3n) is 8.97. The molecule has 0 aliphatic heterocycles. The fourth-order valence-electron chi connectivity index (χ4n) is 6.91. The second kappa shape index (κ2) is 9.53. The van der Waals surface area contributed by atoms with E-state index in [1.807, 2.05) is 20.8 Å². The zero-order valence-electron chi connectivity index (χ0n) is 20.5. The lowest BCUT2D eigenvalue weighted by Gasteiger charge is -2.44. The third-order valence-corrected chi connectivity index (χ3v) is 8.97. The second-order valence-corrected chi connectivity index (χ2v) is 11.8. The zero-order valence-corrected chi connectivity index (χ0v) is 20.5. The molecule has 0 heterocycles. The van der Waals surface area contributed by atoms with E-state index in [9.17, 15) is 15.3 Å². The van der Waals surface area contributed by atoms with Crippen LogP contribution in [0.15, 0.2) is 35.5 Å². The molecule has 3 aliphatic carbocycles. The Balaban J connectivity index is 1.71. The first-order chi connectivity index (χ1) is 14.4. The maximum absolute atomic E-state index is 10.4. The van der Waals surface area contributed by atoms with Gasteiger partial charge in [-0.1, -0.05) is 57.9 Å². The van der Waals surface area contributed by atoms with Crippen LogP contribution in [0.3, 0.4) is 0 Å². The lowest BCUT2D eigenvalue weighted by atomic mass is 9.60. The molecule has 0 bridgehead atoms. The van der Waals surface area contributed by atoms with Gasteiger partial charge >= 0.3 is 0 Å². The van der Waals surface area contributed by atoms with E-state index in [4.69, 9.17) is 0 Å². The quantitative estimate of drug-likeness (QED) is 0.488. The molecule has 176 valence electrons.